The smallest absolute Gasteiger partial charge is 0.245 e. The largest absolute Gasteiger partial charge is 0.338 e. The van der Waals surface area contributed by atoms with Crippen LogP contribution in [0.25, 0.3) is 11.0 Å². The van der Waals surface area contributed by atoms with E-state index in [0.29, 0.717) is 24.5 Å². The van der Waals surface area contributed by atoms with Gasteiger partial charge in [-0.2, -0.15) is 0 Å². The van der Waals surface area contributed by atoms with E-state index in [2.05, 4.69) is 20.1 Å². The number of anilines is 1. The van der Waals surface area contributed by atoms with Crippen molar-refractivity contribution in [1.82, 2.24) is 15.2 Å². The normalized spacial score (nSPS) is 16.8. The molecule has 1 fully saturated rings. The molecule has 0 saturated heterocycles. The summed E-state index contributed by atoms with van der Waals surface area (Å²) in [4.78, 5) is 6.62. The fraction of sp³-hybridized carbons (Fsp3) is 0.462. The second kappa shape index (κ2) is 4.49. The molecule has 1 unspecified atom stereocenters. The van der Waals surface area contributed by atoms with Crippen molar-refractivity contribution in [3.8, 4) is 0 Å². The van der Waals surface area contributed by atoms with Gasteiger partial charge in [0.25, 0.3) is 0 Å². The maximum Gasteiger partial charge on any atom is 0.245 e. The second-order valence-corrected chi connectivity index (χ2v) is 4.85. The third kappa shape index (κ3) is 2.01. The average molecular weight is 243 g/mol. The molecule has 1 atom stereocenters. The van der Waals surface area contributed by atoms with E-state index < -0.39 is 0 Å². The average Bonchev–Trinajstić information content (AvgIpc) is 3.23. The molecule has 0 radical (unpaired) electrons. The van der Waals surface area contributed by atoms with Crippen LogP contribution in [0.15, 0.2) is 24.3 Å². The predicted octanol–water partition coefficient (Wildman–Crippen LogP) is 1.20. The molecule has 1 aliphatic rings. The molecule has 5 heteroatoms. The minimum Gasteiger partial charge on any atom is -0.338 e. The first kappa shape index (κ1) is 11.3. The zero-order valence-corrected chi connectivity index (χ0v) is 10.5. The van der Waals surface area contributed by atoms with Gasteiger partial charge in [-0.05, 0) is 30.9 Å². The minimum atomic E-state index is 0.327. The molecule has 1 saturated carbocycles. The van der Waals surface area contributed by atoms with Crippen molar-refractivity contribution in [3.63, 3.8) is 0 Å². The highest BCUT2D eigenvalue weighted by Crippen LogP contribution is 2.35. The van der Waals surface area contributed by atoms with Gasteiger partial charge >= 0.3 is 0 Å². The Balaban J connectivity index is 1.92. The molecular weight excluding hydrogens is 226 g/mol. The first-order chi connectivity index (χ1) is 8.79. The van der Waals surface area contributed by atoms with Crippen LogP contribution in [-0.4, -0.2) is 34.8 Å². The maximum atomic E-state index is 5.85. The Bertz CT molecular complexity index is 552. The molecule has 0 amide bonds. The van der Waals surface area contributed by atoms with Crippen molar-refractivity contribution in [2.75, 3.05) is 18.5 Å². The van der Waals surface area contributed by atoms with Crippen LogP contribution in [0.1, 0.15) is 12.8 Å². The summed E-state index contributed by atoms with van der Waals surface area (Å²) >= 11 is 0. The summed E-state index contributed by atoms with van der Waals surface area (Å²) in [5.41, 5.74) is 7.55. The van der Waals surface area contributed by atoms with Gasteiger partial charge in [-0.1, -0.05) is 12.1 Å². The van der Waals surface area contributed by atoms with E-state index in [0.717, 1.165) is 11.0 Å². The van der Waals surface area contributed by atoms with E-state index in [4.69, 9.17) is 5.73 Å². The lowest BCUT2D eigenvalue weighted by Gasteiger charge is -2.26. The minimum absolute atomic E-state index is 0.327. The number of hydrogen-bond donors (Lipinski definition) is 1. The number of rotatable bonds is 4. The second-order valence-electron chi connectivity index (χ2n) is 4.85. The summed E-state index contributed by atoms with van der Waals surface area (Å²) in [6.45, 7) is 0.636. The Hall–Kier alpha value is -1.75. The van der Waals surface area contributed by atoms with Gasteiger partial charge in [0.1, 0.15) is 5.52 Å². The lowest BCUT2D eigenvalue weighted by atomic mass is 10.1. The van der Waals surface area contributed by atoms with Crippen LogP contribution < -0.4 is 10.6 Å². The molecule has 3 rings (SSSR count). The number of nitrogens with two attached hydrogens (primary N) is 1. The van der Waals surface area contributed by atoms with Gasteiger partial charge in [0.05, 0.1) is 5.52 Å². The molecule has 1 heterocycles. The van der Waals surface area contributed by atoms with E-state index in [1.807, 2.05) is 31.3 Å². The summed E-state index contributed by atoms with van der Waals surface area (Å²) in [6.07, 6.45) is 2.51. The van der Waals surface area contributed by atoms with Gasteiger partial charge in [-0.15, -0.1) is 10.2 Å². The predicted molar refractivity (Wildman–Crippen MR) is 71.3 cm³/mol. The molecule has 94 valence electrons. The first-order valence-corrected chi connectivity index (χ1v) is 6.32. The molecular formula is C13H17N5. The number of nitrogens with zero attached hydrogens (tertiary/aromatic N) is 4. The SMILES string of the molecule is CN(c1nnc2ccccc2n1)C(CN)C1CC1. The Morgan fingerprint density at radius 1 is 1.28 bits per heavy atom. The Kier molecular flexibility index (Phi) is 2.83. The molecule has 18 heavy (non-hydrogen) atoms. The van der Waals surface area contributed by atoms with Crippen molar-refractivity contribution in [2.45, 2.75) is 18.9 Å². The van der Waals surface area contributed by atoms with Crippen LogP contribution in [0.2, 0.25) is 0 Å². The van der Waals surface area contributed by atoms with E-state index in [1.165, 1.54) is 12.8 Å². The van der Waals surface area contributed by atoms with Crippen LogP contribution in [0.5, 0.6) is 0 Å². The Morgan fingerprint density at radius 2 is 2.00 bits per heavy atom. The van der Waals surface area contributed by atoms with Crippen molar-refractivity contribution >= 4 is 17.0 Å². The molecule has 2 N–H and O–H groups in total. The molecule has 0 bridgehead atoms. The van der Waals surface area contributed by atoms with Crippen molar-refractivity contribution in [2.24, 2.45) is 11.7 Å². The maximum absolute atomic E-state index is 5.85. The van der Waals surface area contributed by atoms with Crippen LogP contribution >= 0.6 is 0 Å². The summed E-state index contributed by atoms with van der Waals surface area (Å²) in [6, 6.07) is 8.10. The van der Waals surface area contributed by atoms with Gasteiger partial charge < -0.3 is 10.6 Å². The number of benzene rings is 1. The Morgan fingerprint density at radius 3 is 2.67 bits per heavy atom. The summed E-state index contributed by atoms with van der Waals surface area (Å²) in [5.74, 6) is 1.35. The van der Waals surface area contributed by atoms with Gasteiger partial charge in [0.15, 0.2) is 0 Å². The summed E-state index contributed by atoms with van der Waals surface area (Å²) in [5, 5.41) is 8.40. The highest BCUT2D eigenvalue weighted by atomic mass is 15.3. The van der Waals surface area contributed by atoms with E-state index in [-0.39, 0.29) is 0 Å². The van der Waals surface area contributed by atoms with Gasteiger partial charge in [0, 0.05) is 19.6 Å². The molecule has 0 spiro atoms. The third-order valence-corrected chi connectivity index (χ3v) is 3.57. The van der Waals surface area contributed by atoms with Crippen LogP contribution in [0.3, 0.4) is 0 Å². The van der Waals surface area contributed by atoms with E-state index in [9.17, 15) is 0 Å². The van der Waals surface area contributed by atoms with E-state index >= 15 is 0 Å². The van der Waals surface area contributed by atoms with Gasteiger partial charge in [-0.3, -0.25) is 0 Å². The zero-order valence-electron chi connectivity index (χ0n) is 10.5. The zero-order chi connectivity index (χ0) is 12.5. The standard InChI is InChI=1S/C13H17N5/c1-18(12(8-14)9-6-7-9)13-15-10-4-2-3-5-11(10)16-17-13/h2-5,9,12H,6-8,14H2,1H3. The molecule has 1 aliphatic carbocycles. The third-order valence-electron chi connectivity index (χ3n) is 3.57. The highest BCUT2D eigenvalue weighted by molar-refractivity contribution is 5.74. The topological polar surface area (TPSA) is 67.9 Å². The molecule has 0 aliphatic heterocycles. The first-order valence-electron chi connectivity index (χ1n) is 6.32. The number of likely N-dealkylation sites (N-methyl/N-ethyl adjacent to an activating group) is 1. The molecule has 5 nitrogen and oxygen atoms in total. The number of fused-ring (bicyclic) bond motifs is 1. The fourth-order valence-electron chi connectivity index (χ4n) is 2.32. The quantitative estimate of drug-likeness (QED) is 0.874. The Labute approximate surface area is 106 Å². The van der Waals surface area contributed by atoms with Crippen molar-refractivity contribution < 1.29 is 0 Å². The summed E-state index contributed by atoms with van der Waals surface area (Å²) in [7, 11) is 2.00. The molecule has 1 aromatic heterocycles. The fourth-order valence-corrected chi connectivity index (χ4v) is 2.32. The lowest BCUT2D eigenvalue weighted by Crippen LogP contribution is -2.40. The van der Waals surface area contributed by atoms with Crippen LogP contribution in [-0.2, 0) is 0 Å². The monoisotopic (exact) mass is 243 g/mol. The van der Waals surface area contributed by atoms with Crippen molar-refractivity contribution in [3.05, 3.63) is 24.3 Å². The number of para-hydroxylation sites is 1. The van der Waals surface area contributed by atoms with Crippen molar-refractivity contribution in [1.29, 1.82) is 0 Å². The van der Waals surface area contributed by atoms with Gasteiger partial charge in [-0.25, -0.2) is 4.98 Å². The van der Waals surface area contributed by atoms with Crippen LogP contribution in [0.4, 0.5) is 5.95 Å². The highest BCUT2D eigenvalue weighted by Gasteiger charge is 2.34. The lowest BCUT2D eigenvalue weighted by molar-refractivity contribution is 0.559. The molecule has 1 aromatic carbocycles. The van der Waals surface area contributed by atoms with E-state index in [1.54, 1.807) is 0 Å². The van der Waals surface area contributed by atoms with Crippen LogP contribution in [0, 0.1) is 5.92 Å². The summed E-state index contributed by atoms with van der Waals surface area (Å²) < 4.78 is 0. The number of hydrogen-bond acceptors (Lipinski definition) is 5. The number of aromatic nitrogens is 3. The molecule has 2 aromatic rings. The van der Waals surface area contributed by atoms with Gasteiger partial charge in [0.2, 0.25) is 5.95 Å².